The molecule has 0 fully saturated rings. The Bertz CT molecular complexity index is 96.3. The Morgan fingerprint density at radius 1 is 1.15 bits per heavy atom. The summed E-state index contributed by atoms with van der Waals surface area (Å²) in [5.74, 6) is 1.53. The van der Waals surface area contributed by atoms with E-state index in [1.165, 1.54) is 32.1 Å². The normalized spacial score (nSPS) is 13.3. The SMILES string of the molecule is CCCCC([B]C(C)C)CCCN. The second-order valence-electron chi connectivity index (χ2n) is 4.27. The monoisotopic (exact) mass is 182 g/mol. The van der Waals surface area contributed by atoms with E-state index in [9.17, 15) is 0 Å². The Morgan fingerprint density at radius 3 is 2.23 bits per heavy atom. The first-order valence-corrected chi connectivity index (χ1v) is 5.75. The summed E-state index contributed by atoms with van der Waals surface area (Å²) >= 11 is 0. The standard InChI is InChI=1S/C11H25BN/c1-4-5-7-11(8-6-9-13)12-10(2)3/h10-11H,4-9,13H2,1-3H3. The molecule has 13 heavy (non-hydrogen) atoms. The summed E-state index contributed by atoms with van der Waals surface area (Å²) < 4.78 is 0. The summed E-state index contributed by atoms with van der Waals surface area (Å²) in [6.07, 6.45) is 6.49. The Morgan fingerprint density at radius 2 is 1.77 bits per heavy atom. The Hall–Kier alpha value is 0.0249. The van der Waals surface area contributed by atoms with Gasteiger partial charge in [0.1, 0.15) is 7.28 Å². The van der Waals surface area contributed by atoms with Gasteiger partial charge in [-0.3, -0.25) is 0 Å². The van der Waals surface area contributed by atoms with E-state index in [1.54, 1.807) is 0 Å². The first-order valence-electron chi connectivity index (χ1n) is 5.75. The van der Waals surface area contributed by atoms with Crippen molar-refractivity contribution in [3.63, 3.8) is 0 Å². The second kappa shape index (κ2) is 8.62. The molecule has 0 aromatic carbocycles. The van der Waals surface area contributed by atoms with E-state index in [-0.39, 0.29) is 0 Å². The van der Waals surface area contributed by atoms with Crippen LogP contribution in [0, 0.1) is 0 Å². The number of hydrogen-bond acceptors (Lipinski definition) is 1. The summed E-state index contributed by atoms with van der Waals surface area (Å²) in [4.78, 5) is 0. The highest BCUT2D eigenvalue weighted by Gasteiger charge is 2.11. The van der Waals surface area contributed by atoms with Crippen LogP contribution in [0.1, 0.15) is 52.9 Å². The van der Waals surface area contributed by atoms with Crippen molar-refractivity contribution in [1.82, 2.24) is 0 Å². The number of rotatable bonds is 8. The zero-order valence-electron chi connectivity index (χ0n) is 9.55. The molecule has 0 aromatic heterocycles. The summed E-state index contributed by atoms with van der Waals surface area (Å²) in [5.41, 5.74) is 5.52. The van der Waals surface area contributed by atoms with Crippen LogP contribution in [0.2, 0.25) is 11.6 Å². The van der Waals surface area contributed by atoms with E-state index in [0.29, 0.717) is 0 Å². The molecular weight excluding hydrogens is 157 g/mol. The smallest absolute Gasteiger partial charge is 0.117 e. The molecule has 0 saturated carbocycles. The lowest BCUT2D eigenvalue weighted by atomic mass is 9.53. The van der Waals surface area contributed by atoms with Crippen molar-refractivity contribution in [3.8, 4) is 0 Å². The average Bonchev–Trinajstić information content (AvgIpc) is 2.09. The lowest BCUT2D eigenvalue weighted by Crippen LogP contribution is -2.09. The summed E-state index contributed by atoms with van der Waals surface area (Å²) in [7, 11) is 2.49. The van der Waals surface area contributed by atoms with Gasteiger partial charge in [0, 0.05) is 0 Å². The van der Waals surface area contributed by atoms with Crippen LogP contribution in [0.15, 0.2) is 0 Å². The number of hydrogen-bond donors (Lipinski definition) is 1. The third kappa shape index (κ3) is 8.36. The molecule has 77 valence electrons. The topological polar surface area (TPSA) is 26.0 Å². The second-order valence-corrected chi connectivity index (χ2v) is 4.27. The molecule has 1 nitrogen and oxygen atoms in total. The van der Waals surface area contributed by atoms with Gasteiger partial charge in [-0.2, -0.15) is 0 Å². The van der Waals surface area contributed by atoms with Gasteiger partial charge in [0.2, 0.25) is 0 Å². The van der Waals surface area contributed by atoms with Gasteiger partial charge in [-0.1, -0.05) is 58.1 Å². The fourth-order valence-electron chi connectivity index (χ4n) is 1.73. The number of nitrogens with two attached hydrogens (primary N) is 1. The van der Waals surface area contributed by atoms with Crippen LogP contribution in [0.25, 0.3) is 0 Å². The zero-order chi connectivity index (χ0) is 10.1. The average molecular weight is 182 g/mol. The minimum Gasteiger partial charge on any atom is -0.330 e. The van der Waals surface area contributed by atoms with Gasteiger partial charge in [-0.25, -0.2) is 0 Å². The van der Waals surface area contributed by atoms with Crippen molar-refractivity contribution >= 4 is 7.28 Å². The van der Waals surface area contributed by atoms with Crippen molar-refractivity contribution in [3.05, 3.63) is 0 Å². The molecule has 0 saturated heterocycles. The lowest BCUT2D eigenvalue weighted by Gasteiger charge is -2.16. The van der Waals surface area contributed by atoms with Crippen LogP contribution < -0.4 is 5.73 Å². The molecule has 0 aliphatic carbocycles. The Kier molecular flexibility index (Phi) is 8.63. The molecule has 0 spiro atoms. The quantitative estimate of drug-likeness (QED) is 0.573. The van der Waals surface area contributed by atoms with Crippen LogP contribution in [-0.4, -0.2) is 13.8 Å². The van der Waals surface area contributed by atoms with E-state index in [0.717, 1.165) is 18.2 Å². The fourth-order valence-corrected chi connectivity index (χ4v) is 1.73. The van der Waals surface area contributed by atoms with Crippen molar-refractivity contribution in [2.45, 2.75) is 64.5 Å². The molecule has 2 heteroatoms. The highest BCUT2D eigenvalue weighted by atomic mass is 14.5. The molecule has 0 amide bonds. The van der Waals surface area contributed by atoms with Gasteiger partial charge in [0.05, 0.1) is 0 Å². The molecular formula is C11H25BN. The predicted octanol–water partition coefficient (Wildman–Crippen LogP) is 3.24. The third-order valence-electron chi connectivity index (χ3n) is 2.36. The van der Waals surface area contributed by atoms with Gasteiger partial charge in [-0.05, 0) is 13.0 Å². The summed E-state index contributed by atoms with van der Waals surface area (Å²) in [5, 5.41) is 0. The molecule has 0 rings (SSSR count). The van der Waals surface area contributed by atoms with Crippen LogP contribution in [0.4, 0.5) is 0 Å². The maximum absolute atomic E-state index is 5.52. The first kappa shape index (κ1) is 13.0. The minimum absolute atomic E-state index is 0.722. The molecule has 2 N–H and O–H groups in total. The van der Waals surface area contributed by atoms with Crippen LogP contribution >= 0.6 is 0 Å². The molecule has 1 radical (unpaired) electrons. The van der Waals surface area contributed by atoms with E-state index in [1.807, 2.05) is 0 Å². The van der Waals surface area contributed by atoms with Crippen molar-refractivity contribution in [2.75, 3.05) is 6.54 Å². The van der Waals surface area contributed by atoms with Crippen LogP contribution in [-0.2, 0) is 0 Å². The van der Waals surface area contributed by atoms with E-state index >= 15 is 0 Å². The molecule has 1 atom stereocenters. The van der Waals surface area contributed by atoms with Crippen molar-refractivity contribution < 1.29 is 0 Å². The van der Waals surface area contributed by atoms with Crippen LogP contribution in [0.5, 0.6) is 0 Å². The van der Waals surface area contributed by atoms with Gasteiger partial charge in [0.25, 0.3) is 0 Å². The molecule has 0 aliphatic heterocycles. The van der Waals surface area contributed by atoms with E-state index < -0.39 is 0 Å². The maximum atomic E-state index is 5.52. The van der Waals surface area contributed by atoms with Gasteiger partial charge in [-0.15, -0.1) is 0 Å². The fraction of sp³-hybridized carbons (Fsp3) is 1.00. The highest BCUT2D eigenvalue weighted by molar-refractivity contribution is 6.39. The third-order valence-corrected chi connectivity index (χ3v) is 2.36. The lowest BCUT2D eigenvalue weighted by molar-refractivity contribution is 0.602. The van der Waals surface area contributed by atoms with Gasteiger partial charge < -0.3 is 5.73 Å². The van der Waals surface area contributed by atoms with Crippen LogP contribution in [0.3, 0.4) is 0 Å². The van der Waals surface area contributed by atoms with Crippen molar-refractivity contribution in [1.29, 1.82) is 0 Å². The molecule has 0 aromatic rings. The maximum Gasteiger partial charge on any atom is 0.117 e. The first-order chi connectivity index (χ1) is 6.20. The van der Waals surface area contributed by atoms with Crippen molar-refractivity contribution in [2.24, 2.45) is 5.73 Å². The Labute approximate surface area is 84.7 Å². The molecule has 0 bridgehead atoms. The predicted molar refractivity (Wildman–Crippen MR) is 62.4 cm³/mol. The van der Waals surface area contributed by atoms with E-state index in [4.69, 9.17) is 5.73 Å². The summed E-state index contributed by atoms with van der Waals surface area (Å²) in [6.45, 7) is 7.63. The van der Waals surface area contributed by atoms with Gasteiger partial charge >= 0.3 is 0 Å². The minimum atomic E-state index is 0.722. The van der Waals surface area contributed by atoms with E-state index in [2.05, 4.69) is 28.1 Å². The van der Waals surface area contributed by atoms with Gasteiger partial charge in [0.15, 0.2) is 0 Å². The molecule has 1 unspecified atom stereocenters. The number of unbranched alkanes of at least 4 members (excludes halogenated alkanes) is 1. The zero-order valence-corrected chi connectivity index (χ0v) is 9.55. The summed E-state index contributed by atoms with van der Waals surface area (Å²) in [6, 6.07) is 0. The Balaban J connectivity index is 3.60. The molecule has 0 heterocycles. The highest BCUT2D eigenvalue weighted by Crippen LogP contribution is 2.23. The molecule has 0 aliphatic rings. The largest absolute Gasteiger partial charge is 0.330 e.